The van der Waals surface area contributed by atoms with Crippen LogP contribution < -0.4 is 9.80 Å². The van der Waals surface area contributed by atoms with Gasteiger partial charge in [-0.3, -0.25) is 0 Å². The van der Waals surface area contributed by atoms with Gasteiger partial charge in [0.25, 0.3) is 0 Å². The van der Waals surface area contributed by atoms with E-state index in [4.69, 9.17) is 23.9 Å². The molecule has 4 fully saturated rings. The summed E-state index contributed by atoms with van der Waals surface area (Å²) in [5.41, 5.74) is 0. The molecule has 0 bridgehead atoms. The van der Waals surface area contributed by atoms with Gasteiger partial charge in [0.05, 0.1) is 50.8 Å². The molecule has 1 aromatic rings. The van der Waals surface area contributed by atoms with Crippen LogP contribution in [0.2, 0.25) is 0 Å². The summed E-state index contributed by atoms with van der Waals surface area (Å²) < 4.78 is 21.7. The largest absolute Gasteiger partial charge is 0.371 e. The van der Waals surface area contributed by atoms with Gasteiger partial charge in [-0.15, -0.1) is 0 Å². The molecular weight excluding hydrogens is 358 g/mol. The van der Waals surface area contributed by atoms with Crippen LogP contribution in [0.15, 0.2) is 5.16 Å². The van der Waals surface area contributed by atoms with Crippen molar-refractivity contribution in [3.8, 4) is 0 Å². The number of epoxide rings is 4. The summed E-state index contributed by atoms with van der Waals surface area (Å²) in [5, 5.41) is 0.724. The molecule has 4 aliphatic rings. The molecule has 1 aromatic heterocycles. The van der Waals surface area contributed by atoms with E-state index in [2.05, 4.69) is 19.8 Å². The van der Waals surface area contributed by atoms with Crippen LogP contribution in [0.4, 0.5) is 11.9 Å². The maximum Gasteiger partial charge on any atom is 0.231 e. The second-order valence-electron chi connectivity index (χ2n) is 7.05. The number of nitrogens with zero attached hydrogens (tertiary/aromatic N) is 5. The first-order valence-corrected chi connectivity index (χ1v) is 10.3. The van der Waals surface area contributed by atoms with Crippen LogP contribution in [0, 0.1) is 0 Å². The summed E-state index contributed by atoms with van der Waals surface area (Å²) in [6.45, 7) is 6.37. The van der Waals surface area contributed by atoms with E-state index in [0.717, 1.165) is 57.8 Å². The van der Waals surface area contributed by atoms with Crippen LogP contribution in [0.5, 0.6) is 0 Å². The molecule has 142 valence electrons. The number of aromatic nitrogens is 3. The molecule has 10 heteroatoms. The van der Waals surface area contributed by atoms with Gasteiger partial charge in [0.1, 0.15) is 0 Å². The highest BCUT2D eigenvalue weighted by molar-refractivity contribution is 7.98. The highest BCUT2D eigenvalue weighted by Gasteiger charge is 2.35. The van der Waals surface area contributed by atoms with E-state index in [1.165, 1.54) is 11.8 Å². The van der Waals surface area contributed by atoms with Gasteiger partial charge in [-0.05, 0) is 6.26 Å². The summed E-state index contributed by atoms with van der Waals surface area (Å²) in [4.78, 5) is 18.4. The fourth-order valence-electron chi connectivity index (χ4n) is 2.86. The highest BCUT2D eigenvalue weighted by atomic mass is 32.2. The lowest BCUT2D eigenvalue weighted by molar-refractivity contribution is 0.385. The molecule has 4 unspecified atom stereocenters. The lowest BCUT2D eigenvalue weighted by atomic mass is 10.3. The van der Waals surface area contributed by atoms with E-state index in [0.29, 0.717) is 11.9 Å². The molecule has 4 saturated heterocycles. The standard InChI is InChI=1S/C16H23N5O4S/c1-26-16-18-14(20(2-10-6-22-10)3-11-7-23-11)17-15(19-16)21(4-12-8-24-12)5-13-9-25-13/h10-13H,2-9H2,1H3. The van der Waals surface area contributed by atoms with Crippen LogP contribution in [-0.2, 0) is 18.9 Å². The molecule has 5 rings (SSSR count). The molecule has 0 N–H and O–H groups in total. The van der Waals surface area contributed by atoms with Gasteiger partial charge in [-0.2, -0.15) is 15.0 Å². The Balaban J connectivity index is 1.40. The number of hydrogen-bond acceptors (Lipinski definition) is 10. The quantitative estimate of drug-likeness (QED) is 0.379. The summed E-state index contributed by atoms with van der Waals surface area (Å²) in [6, 6.07) is 0. The molecule has 26 heavy (non-hydrogen) atoms. The second kappa shape index (κ2) is 7.08. The Kier molecular flexibility index (Phi) is 4.61. The minimum atomic E-state index is 0.266. The van der Waals surface area contributed by atoms with Crippen molar-refractivity contribution in [3.63, 3.8) is 0 Å². The smallest absolute Gasteiger partial charge is 0.231 e. The highest BCUT2D eigenvalue weighted by Crippen LogP contribution is 2.25. The maximum absolute atomic E-state index is 5.42. The average Bonchev–Trinajstić information content (AvgIpc) is 3.44. The number of hydrogen-bond donors (Lipinski definition) is 0. The van der Waals surface area contributed by atoms with E-state index in [-0.39, 0.29) is 24.4 Å². The Morgan fingerprint density at radius 1 is 0.731 bits per heavy atom. The lowest BCUT2D eigenvalue weighted by Gasteiger charge is -2.25. The van der Waals surface area contributed by atoms with Gasteiger partial charge < -0.3 is 28.7 Å². The zero-order chi connectivity index (χ0) is 17.5. The number of rotatable bonds is 11. The first-order chi connectivity index (χ1) is 12.8. The lowest BCUT2D eigenvalue weighted by Crippen LogP contribution is -2.36. The first-order valence-electron chi connectivity index (χ1n) is 9.03. The topological polar surface area (TPSA) is 95.3 Å². The van der Waals surface area contributed by atoms with E-state index in [1.807, 2.05) is 6.26 Å². The van der Waals surface area contributed by atoms with Gasteiger partial charge in [0.15, 0.2) is 5.16 Å². The fourth-order valence-corrected chi connectivity index (χ4v) is 3.21. The molecule has 0 amide bonds. The van der Waals surface area contributed by atoms with E-state index < -0.39 is 0 Å². The van der Waals surface area contributed by atoms with Gasteiger partial charge in [-0.25, -0.2) is 0 Å². The van der Waals surface area contributed by atoms with Crippen molar-refractivity contribution >= 4 is 23.7 Å². The molecule has 0 aromatic carbocycles. The van der Waals surface area contributed by atoms with Crippen molar-refractivity contribution < 1.29 is 18.9 Å². The summed E-state index contributed by atoms with van der Waals surface area (Å²) in [7, 11) is 0. The molecule has 0 saturated carbocycles. The van der Waals surface area contributed by atoms with Crippen molar-refractivity contribution in [1.82, 2.24) is 15.0 Å². The Morgan fingerprint density at radius 3 is 1.35 bits per heavy atom. The van der Waals surface area contributed by atoms with E-state index >= 15 is 0 Å². The fraction of sp³-hybridized carbons (Fsp3) is 0.812. The maximum atomic E-state index is 5.42. The molecule has 4 aliphatic heterocycles. The second-order valence-corrected chi connectivity index (χ2v) is 7.83. The summed E-state index contributed by atoms with van der Waals surface area (Å²) in [6.07, 6.45) is 3.05. The number of ether oxygens (including phenoxy) is 4. The third-order valence-electron chi connectivity index (χ3n) is 4.65. The predicted molar refractivity (Wildman–Crippen MR) is 95.0 cm³/mol. The van der Waals surface area contributed by atoms with Gasteiger partial charge in [0.2, 0.25) is 11.9 Å². The molecule has 0 radical (unpaired) electrons. The number of anilines is 2. The Morgan fingerprint density at radius 2 is 1.08 bits per heavy atom. The molecule has 5 heterocycles. The monoisotopic (exact) mass is 381 g/mol. The normalized spacial score (nSPS) is 30.8. The van der Waals surface area contributed by atoms with E-state index in [1.54, 1.807) is 0 Å². The van der Waals surface area contributed by atoms with Crippen LogP contribution in [0.1, 0.15) is 0 Å². The molecule has 0 aliphatic carbocycles. The van der Waals surface area contributed by atoms with Crippen LogP contribution in [-0.4, -0.2) is 98.2 Å². The third-order valence-corrected chi connectivity index (χ3v) is 5.19. The van der Waals surface area contributed by atoms with Crippen molar-refractivity contribution in [2.45, 2.75) is 29.6 Å². The Hall–Kier alpha value is -1.20. The summed E-state index contributed by atoms with van der Waals surface area (Å²) >= 11 is 1.53. The zero-order valence-corrected chi connectivity index (χ0v) is 15.6. The Labute approximate surface area is 156 Å². The molecule has 9 nitrogen and oxygen atoms in total. The van der Waals surface area contributed by atoms with Gasteiger partial charge in [0, 0.05) is 26.2 Å². The third kappa shape index (κ3) is 4.55. The SMILES string of the molecule is CSc1nc(N(CC2CO2)CC2CO2)nc(N(CC2CO2)CC2CO2)n1. The summed E-state index contributed by atoms with van der Waals surface area (Å²) in [5.74, 6) is 1.40. The minimum absolute atomic E-state index is 0.266. The van der Waals surface area contributed by atoms with Crippen LogP contribution >= 0.6 is 11.8 Å². The zero-order valence-electron chi connectivity index (χ0n) is 14.7. The van der Waals surface area contributed by atoms with Crippen molar-refractivity contribution in [1.29, 1.82) is 0 Å². The van der Waals surface area contributed by atoms with Crippen LogP contribution in [0.25, 0.3) is 0 Å². The van der Waals surface area contributed by atoms with Crippen molar-refractivity contribution in [2.24, 2.45) is 0 Å². The Bertz CT molecular complexity index is 573. The van der Waals surface area contributed by atoms with Gasteiger partial charge >= 0.3 is 0 Å². The molecule has 0 spiro atoms. The van der Waals surface area contributed by atoms with Gasteiger partial charge in [-0.1, -0.05) is 11.8 Å². The average molecular weight is 381 g/mol. The minimum Gasteiger partial charge on any atom is -0.371 e. The van der Waals surface area contributed by atoms with Crippen LogP contribution in [0.3, 0.4) is 0 Å². The molecular formula is C16H23N5O4S. The molecule has 4 atom stereocenters. The van der Waals surface area contributed by atoms with E-state index in [9.17, 15) is 0 Å². The first kappa shape index (κ1) is 16.9. The predicted octanol–water partition coefficient (Wildman–Crippen LogP) is -0.198. The number of thioether (sulfide) groups is 1. The van der Waals surface area contributed by atoms with Crippen molar-refractivity contribution in [2.75, 3.05) is 68.7 Å². The van der Waals surface area contributed by atoms with Crippen molar-refractivity contribution in [3.05, 3.63) is 0 Å².